The number of hydrogen-bond acceptors (Lipinski definition) is 0. The molecule has 2 fully saturated rings. The van der Waals surface area contributed by atoms with Crippen LogP contribution < -0.4 is 21.2 Å². The van der Waals surface area contributed by atoms with Gasteiger partial charge in [0.25, 0.3) is 0 Å². The van der Waals surface area contributed by atoms with E-state index < -0.39 is 15.8 Å². The molecule has 0 spiro atoms. The first-order chi connectivity index (χ1) is 18.8. The van der Waals surface area contributed by atoms with Crippen molar-refractivity contribution in [2.45, 2.75) is 64.2 Å². The van der Waals surface area contributed by atoms with Crippen LogP contribution in [-0.2, 0) is 26.2 Å². The second-order valence-electron chi connectivity index (χ2n) is 9.73. The van der Waals surface area contributed by atoms with Gasteiger partial charge in [-0.3, -0.25) is 0 Å². The van der Waals surface area contributed by atoms with Gasteiger partial charge in [0.05, 0.1) is 0 Å². The molecule has 0 unspecified atom stereocenters. The predicted octanol–water partition coefficient (Wildman–Crippen LogP) is 9.72. The summed E-state index contributed by atoms with van der Waals surface area (Å²) >= 11 is 0. The molecule has 0 N–H and O–H groups in total. The van der Waals surface area contributed by atoms with E-state index in [0.29, 0.717) is 0 Å². The third kappa shape index (κ3) is 13.7. The van der Waals surface area contributed by atoms with Crippen LogP contribution in [0.2, 0.25) is 0 Å². The van der Waals surface area contributed by atoms with Crippen molar-refractivity contribution in [3.8, 4) is 0 Å². The van der Waals surface area contributed by atoms with Crippen molar-refractivity contribution < 1.29 is 26.2 Å². The normalized spacial score (nSPS) is 13.6. The number of hydrogen-bond donors (Lipinski definition) is 0. The summed E-state index contributed by atoms with van der Waals surface area (Å²) in [7, 11) is -0.842. The Morgan fingerprint density at radius 2 is 0.462 bits per heavy atom. The van der Waals surface area contributed by atoms with Gasteiger partial charge < -0.3 is 13.3 Å². The molecule has 0 saturated heterocycles. The van der Waals surface area contributed by atoms with Gasteiger partial charge in [0.1, 0.15) is 0 Å². The second kappa shape index (κ2) is 21.4. The fraction of sp³-hybridized carbons (Fsp3) is 0.278. The average Bonchev–Trinajstić information content (AvgIpc) is 3.79. The zero-order valence-corrected chi connectivity index (χ0v) is 27.7. The minimum absolute atomic E-state index is 0. The van der Waals surface area contributed by atoms with Crippen LogP contribution >= 0.6 is 15.8 Å². The molecule has 200 valence electrons. The standard InChI is InChI=1S/2C13H12P.2C5H10.Zr/c2*1-14(12-8-4-2-5-9-12)13-10-6-3-7-11-13;2*1-2-4-5-3-1;/h2*2-11H,1H2;2*1-5H2;/q2*-1;;;+4. The minimum Gasteiger partial charge on any atom is -0.308 e. The smallest absolute Gasteiger partial charge is 0.308 e. The van der Waals surface area contributed by atoms with Crippen LogP contribution in [0.15, 0.2) is 121 Å². The van der Waals surface area contributed by atoms with E-state index in [1.54, 1.807) is 0 Å². The number of rotatable bonds is 4. The largest absolute Gasteiger partial charge is 4.00 e. The van der Waals surface area contributed by atoms with Crippen molar-refractivity contribution >= 4 is 37.1 Å². The second-order valence-corrected chi connectivity index (χ2v) is 13.5. The van der Waals surface area contributed by atoms with E-state index in [0.717, 1.165) is 0 Å². The Morgan fingerprint density at radius 3 is 0.615 bits per heavy atom. The summed E-state index contributed by atoms with van der Waals surface area (Å²) < 4.78 is 0. The average molecular weight is 630 g/mol. The van der Waals surface area contributed by atoms with E-state index in [2.05, 4.69) is 110 Å². The molecule has 0 heterocycles. The minimum atomic E-state index is -0.421. The Morgan fingerprint density at radius 1 is 0.308 bits per heavy atom. The third-order valence-electron chi connectivity index (χ3n) is 6.77. The molecule has 2 aliphatic carbocycles. The molecule has 39 heavy (non-hydrogen) atoms. The summed E-state index contributed by atoms with van der Waals surface area (Å²) in [6, 6.07) is 41.9. The molecule has 0 bridgehead atoms. The van der Waals surface area contributed by atoms with Gasteiger partial charge in [0.15, 0.2) is 0 Å². The summed E-state index contributed by atoms with van der Waals surface area (Å²) in [5, 5.41) is 5.31. The molecule has 4 aromatic carbocycles. The van der Waals surface area contributed by atoms with Crippen LogP contribution in [0.1, 0.15) is 64.2 Å². The van der Waals surface area contributed by atoms with Crippen molar-refractivity contribution in [3.05, 3.63) is 135 Å². The first-order valence-electron chi connectivity index (χ1n) is 14.2. The molecule has 0 aromatic heterocycles. The van der Waals surface area contributed by atoms with E-state index >= 15 is 0 Å². The Hall–Kier alpha value is -1.38. The van der Waals surface area contributed by atoms with Crippen molar-refractivity contribution in [2.24, 2.45) is 0 Å². The molecular formula is C36H44P2Zr+2. The van der Waals surface area contributed by atoms with Crippen LogP contribution in [0, 0.1) is 13.3 Å². The molecule has 2 aliphatic rings. The van der Waals surface area contributed by atoms with Crippen LogP contribution in [0.4, 0.5) is 0 Å². The predicted molar refractivity (Wildman–Crippen MR) is 175 cm³/mol. The van der Waals surface area contributed by atoms with Gasteiger partial charge in [-0.1, -0.05) is 207 Å². The Kier molecular flexibility index (Phi) is 18.5. The fourth-order valence-corrected chi connectivity index (χ4v) is 7.22. The van der Waals surface area contributed by atoms with Crippen LogP contribution in [-0.4, -0.2) is 0 Å². The summed E-state index contributed by atoms with van der Waals surface area (Å²) in [5.41, 5.74) is 0. The molecule has 0 nitrogen and oxygen atoms in total. The number of benzene rings is 4. The van der Waals surface area contributed by atoms with Gasteiger partial charge in [0.2, 0.25) is 0 Å². The van der Waals surface area contributed by atoms with Crippen molar-refractivity contribution in [2.75, 3.05) is 0 Å². The summed E-state index contributed by atoms with van der Waals surface area (Å²) in [4.78, 5) is 0. The van der Waals surface area contributed by atoms with E-state index in [4.69, 9.17) is 0 Å². The van der Waals surface area contributed by atoms with Gasteiger partial charge in [0, 0.05) is 0 Å². The Bertz CT molecular complexity index is 895. The first kappa shape index (κ1) is 33.8. The molecule has 3 heteroatoms. The molecule has 0 aliphatic heterocycles. The maximum Gasteiger partial charge on any atom is 4.00 e. The molecule has 6 rings (SSSR count). The Balaban J connectivity index is 0.000000199. The SMILES string of the molecule is C1CCCC1.C1CCCC1.[CH2-]P(c1ccccc1)c1ccccc1.[CH2-]P(c1ccccc1)c1ccccc1.[Zr+4]. The summed E-state index contributed by atoms with van der Waals surface area (Å²) in [5.74, 6) is 0. The van der Waals surface area contributed by atoms with Crippen molar-refractivity contribution in [3.63, 3.8) is 0 Å². The summed E-state index contributed by atoms with van der Waals surface area (Å²) in [6.07, 6.45) is 15.0. The maximum atomic E-state index is 4.24. The maximum absolute atomic E-state index is 4.24. The van der Waals surface area contributed by atoms with Gasteiger partial charge >= 0.3 is 26.2 Å². The molecule has 0 radical (unpaired) electrons. The van der Waals surface area contributed by atoms with Gasteiger partial charge in [-0.15, -0.1) is 0 Å². The topological polar surface area (TPSA) is 0 Å². The molecule has 0 amide bonds. The van der Waals surface area contributed by atoms with Crippen LogP contribution in [0.5, 0.6) is 0 Å². The third-order valence-corrected chi connectivity index (χ3v) is 10.5. The molecule has 0 atom stereocenters. The quantitative estimate of drug-likeness (QED) is 0.156. The summed E-state index contributed by atoms with van der Waals surface area (Å²) in [6.45, 7) is 8.49. The van der Waals surface area contributed by atoms with Crippen LogP contribution in [0.25, 0.3) is 0 Å². The zero-order valence-electron chi connectivity index (χ0n) is 23.4. The Labute approximate surface area is 260 Å². The zero-order chi connectivity index (χ0) is 26.7. The first-order valence-corrected chi connectivity index (χ1v) is 17.2. The van der Waals surface area contributed by atoms with Crippen molar-refractivity contribution in [1.82, 2.24) is 0 Å². The van der Waals surface area contributed by atoms with Gasteiger partial charge in [-0.25, -0.2) is 15.8 Å². The van der Waals surface area contributed by atoms with Gasteiger partial charge in [-0.2, -0.15) is 0 Å². The van der Waals surface area contributed by atoms with Crippen LogP contribution in [0.3, 0.4) is 0 Å². The van der Waals surface area contributed by atoms with E-state index in [9.17, 15) is 0 Å². The molecule has 4 aromatic rings. The fourth-order valence-electron chi connectivity index (χ4n) is 4.50. The molecular weight excluding hydrogens is 586 g/mol. The molecule has 2 saturated carbocycles. The van der Waals surface area contributed by atoms with Crippen molar-refractivity contribution in [1.29, 1.82) is 0 Å². The van der Waals surface area contributed by atoms with E-state index in [-0.39, 0.29) is 26.2 Å². The van der Waals surface area contributed by atoms with Gasteiger partial charge in [-0.05, 0) is 0 Å². The monoisotopic (exact) mass is 628 g/mol. The van der Waals surface area contributed by atoms with E-state index in [1.807, 2.05) is 24.3 Å². The van der Waals surface area contributed by atoms with E-state index in [1.165, 1.54) is 85.4 Å².